The van der Waals surface area contributed by atoms with Crippen LogP contribution in [0.15, 0.2) is 48.5 Å². The number of benzene rings is 2. The zero-order chi connectivity index (χ0) is 13.9. The van der Waals surface area contributed by atoms with E-state index >= 15 is 0 Å². The molecule has 98 valence electrons. The van der Waals surface area contributed by atoms with Gasteiger partial charge in [0.15, 0.2) is 0 Å². The van der Waals surface area contributed by atoms with Crippen LogP contribution in [0.3, 0.4) is 0 Å². The summed E-state index contributed by atoms with van der Waals surface area (Å²) in [4.78, 5) is 14.0. The molecule has 0 saturated carbocycles. The maximum Gasteiger partial charge on any atom is 0.322 e. The molecule has 3 rings (SSSR count). The summed E-state index contributed by atoms with van der Waals surface area (Å²) in [5, 5.41) is 11.6. The van der Waals surface area contributed by atoms with E-state index in [0.29, 0.717) is 24.3 Å². The molecule has 0 fully saturated rings. The Kier molecular flexibility index (Phi) is 3.10. The van der Waals surface area contributed by atoms with E-state index in [2.05, 4.69) is 11.4 Å². The van der Waals surface area contributed by atoms with Crippen LogP contribution in [-0.4, -0.2) is 10.9 Å². The summed E-state index contributed by atoms with van der Waals surface area (Å²) in [5.41, 5.74) is 3.67. The lowest BCUT2D eigenvalue weighted by molar-refractivity contribution is 0.212. The fraction of sp³-hybridized carbons (Fsp3) is 0.125. The van der Waals surface area contributed by atoms with Crippen molar-refractivity contribution in [3.8, 4) is 6.07 Å². The molecule has 0 bridgehead atoms. The van der Waals surface area contributed by atoms with Gasteiger partial charge in [0, 0.05) is 18.8 Å². The molecule has 0 saturated heterocycles. The van der Waals surface area contributed by atoms with Crippen LogP contribution in [0.25, 0.3) is 0 Å². The van der Waals surface area contributed by atoms with Gasteiger partial charge in [-0.1, -0.05) is 24.3 Å². The standard InChI is InChI=1S/C16H13N3O/c17-9-12-5-7-15(8-6-12)18-16(20)19-10-13-3-1-2-4-14(13)11-19/h1-8H,10-11H2,(H,18,20). The zero-order valence-corrected chi connectivity index (χ0v) is 10.8. The Balaban J connectivity index is 1.68. The average molecular weight is 263 g/mol. The summed E-state index contributed by atoms with van der Waals surface area (Å²) >= 11 is 0. The first-order chi connectivity index (χ1) is 9.76. The Bertz CT molecular complexity index is 661. The molecule has 20 heavy (non-hydrogen) atoms. The van der Waals surface area contributed by atoms with E-state index in [1.54, 1.807) is 29.2 Å². The number of nitrogens with zero attached hydrogens (tertiary/aromatic N) is 2. The van der Waals surface area contributed by atoms with Gasteiger partial charge in [-0.3, -0.25) is 0 Å². The van der Waals surface area contributed by atoms with E-state index in [1.165, 1.54) is 11.1 Å². The van der Waals surface area contributed by atoms with Gasteiger partial charge in [-0.05, 0) is 35.4 Å². The Morgan fingerprint density at radius 2 is 1.65 bits per heavy atom. The number of nitrogens with one attached hydrogen (secondary N) is 1. The maximum absolute atomic E-state index is 12.2. The molecule has 1 aliphatic heterocycles. The molecule has 0 aromatic heterocycles. The van der Waals surface area contributed by atoms with Crippen LogP contribution < -0.4 is 5.32 Å². The molecule has 0 spiro atoms. The van der Waals surface area contributed by atoms with E-state index in [4.69, 9.17) is 5.26 Å². The normalized spacial score (nSPS) is 12.7. The molecule has 0 atom stereocenters. The van der Waals surface area contributed by atoms with Crippen molar-refractivity contribution in [2.75, 3.05) is 5.32 Å². The molecule has 1 heterocycles. The van der Waals surface area contributed by atoms with Crippen LogP contribution in [0.2, 0.25) is 0 Å². The fourth-order valence-corrected chi connectivity index (χ4v) is 2.31. The van der Waals surface area contributed by atoms with Crippen molar-refractivity contribution in [2.45, 2.75) is 13.1 Å². The van der Waals surface area contributed by atoms with E-state index in [1.807, 2.05) is 24.3 Å². The molecule has 0 unspecified atom stereocenters. The number of anilines is 1. The highest BCUT2D eigenvalue weighted by atomic mass is 16.2. The highest BCUT2D eigenvalue weighted by molar-refractivity contribution is 5.89. The number of urea groups is 1. The molecule has 2 amide bonds. The molecule has 4 heteroatoms. The molecule has 2 aromatic carbocycles. The van der Waals surface area contributed by atoms with Crippen molar-refractivity contribution in [1.82, 2.24) is 4.90 Å². The summed E-state index contributed by atoms with van der Waals surface area (Å²) in [6, 6.07) is 16.8. The van der Waals surface area contributed by atoms with Gasteiger partial charge in [0.2, 0.25) is 0 Å². The zero-order valence-electron chi connectivity index (χ0n) is 10.8. The van der Waals surface area contributed by atoms with Gasteiger partial charge in [-0.25, -0.2) is 4.79 Å². The lowest BCUT2D eigenvalue weighted by atomic mass is 10.1. The molecule has 4 nitrogen and oxygen atoms in total. The van der Waals surface area contributed by atoms with Gasteiger partial charge >= 0.3 is 6.03 Å². The minimum atomic E-state index is -0.120. The number of rotatable bonds is 1. The van der Waals surface area contributed by atoms with Gasteiger partial charge in [0.05, 0.1) is 11.6 Å². The van der Waals surface area contributed by atoms with Crippen LogP contribution in [0.4, 0.5) is 10.5 Å². The summed E-state index contributed by atoms with van der Waals surface area (Å²) in [5.74, 6) is 0. The molecule has 0 aliphatic carbocycles. The van der Waals surface area contributed by atoms with E-state index < -0.39 is 0 Å². The fourth-order valence-electron chi connectivity index (χ4n) is 2.31. The minimum absolute atomic E-state index is 0.120. The maximum atomic E-state index is 12.2. The van der Waals surface area contributed by atoms with Crippen LogP contribution in [0.5, 0.6) is 0 Å². The van der Waals surface area contributed by atoms with Crippen molar-refractivity contribution in [3.05, 3.63) is 65.2 Å². The molecular weight excluding hydrogens is 250 g/mol. The van der Waals surface area contributed by atoms with E-state index in [-0.39, 0.29) is 6.03 Å². The predicted molar refractivity (Wildman–Crippen MR) is 75.9 cm³/mol. The van der Waals surface area contributed by atoms with E-state index in [9.17, 15) is 4.79 Å². The third-order valence-electron chi connectivity index (χ3n) is 3.39. The topological polar surface area (TPSA) is 56.1 Å². The van der Waals surface area contributed by atoms with Crippen molar-refractivity contribution < 1.29 is 4.79 Å². The Labute approximate surface area is 117 Å². The Hall–Kier alpha value is -2.80. The average Bonchev–Trinajstić information content (AvgIpc) is 2.92. The quantitative estimate of drug-likeness (QED) is 0.859. The summed E-state index contributed by atoms with van der Waals surface area (Å²) in [7, 11) is 0. The largest absolute Gasteiger partial charge is 0.322 e. The second-order valence-electron chi connectivity index (χ2n) is 4.74. The van der Waals surface area contributed by atoms with Crippen LogP contribution in [0.1, 0.15) is 16.7 Å². The van der Waals surface area contributed by atoms with Crippen molar-refractivity contribution in [3.63, 3.8) is 0 Å². The summed E-state index contributed by atoms with van der Waals surface area (Å²) in [6.07, 6.45) is 0. The highest BCUT2D eigenvalue weighted by Gasteiger charge is 2.22. The molecule has 1 N–H and O–H groups in total. The van der Waals surface area contributed by atoms with Gasteiger partial charge in [-0.15, -0.1) is 0 Å². The van der Waals surface area contributed by atoms with Crippen LogP contribution in [-0.2, 0) is 13.1 Å². The number of amides is 2. The monoisotopic (exact) mass is 263 g/mol. The third kappa shape index (κ3) is 2.34. The van der Waals surface area contributed by atoms with Crippen LogP contribution >= 0.6 is 0 Å². The Morgan fingerprint density at radius 3 is 2.20 bits per heavy atom. The summed E-state index contributed by atoms with van der Waals surface area (Å²) in [6.45, 7) is 1.27. The predicted octanol–water partition coefficient (Wildman–Crippen LogP) is 3.11. The molecule has 1 aliphatic rings. The second-order valence-corrected chi connectivity index (χ2v) is 4.74. The second kappa shape index (κ2) is 5.06. The SMILES string of the molecule is N#Cc1ccc(NC(=O)N2Cc3ccccc3C2)cc1. The third-order valence-corrected chi connectivity index (χ3v) is 3.39. The summed E-state index contributed by atoms with van der Waals surface area (Å²) < 4.78 is 0. The van der Waals surface area contributed by atoms with Crippen molar-refractivity contribution in [1.29, 1.82) is 5.26 Å². The van der Waals surface area contributed by atoms with Gasteiger partial charge < -0.3 is 10.2 Å². The lowest BCUT2D eigenvalue weighted by Gasteiger charge is -2.16. The van der Waals surface area contributed by atoms with Crippen molar-refractivity contribution in [2.24, 2.45) is 0 Å². The minimum Gasteiger partial charge on any atom is -0.316 e. The number of carbonyl (C=O) groups excluding carboxylic acids is 1. The van der Waals surface area contributed by atoms with E-state index in [0.717, 1.165) is 0 Å². The lowest BCUT2D eigenvalue weighted by Crippen LogP contribution is -2.30. The molecular formula is C16H13N3O. The number of carbonyl (C=O) groups is 1. The molecule has 0 radical (unpaired) electrons. The van der Waals surface area contributed by atoms with Gasteiger partial charge in [0.25, 0.3) is 0 Å². The Morgan fingerprint density at radius 1 is 1.05 bits per heavy atom. The first-order valence-electron chi connectivity index (χ1n) is 6.39. The first kappa shape index (κ1) is 12.2. The highest BCUT2D eigenvalue weighted by Crippen LogP contribution is 2.23. The first-order valence-corrected chi connectivity index (χ1v) is 6.39. The smallest absolute Gasteiger partial charge is 0.316 e. The van der Waals surface area contributed by atoms with Crippen LogP contribution in [0, 0.1) is 11.3 Å². The number of nitriles is 1. The number of hydrogen-bond acceptors (Lipinski definition) is 2. The van der Waals surface area contributed by atoms with Crippen molar-refractivity contribution >= 4 is 11.7 Å². The number of hydrogen-bond donors (Lipinski definition) is 1. The van der Waals surface area contributed by atoms with Gasteiger partial charge in [-0.2, -0.15) is 5.26 Å². The molecule has 2 aromatic rings. The van der Waals surface area contributed by atoms with Gasteiger partial charge in [0.1, 0.15) is 0 Å². The number of fused-ring (bicyclic) bond motifs is 1.